The second-order valence-electron chi connectivity index (χ2n) is 8.70. The van der Waals surface area contributed by atoms with Crippen LogP contribution in [0.15, 0.2) is 41.2 Å². The number of fused-ring (bicyclic) bond motifs is 4. The number of nitrogens with zero attached hydrogens (tertiary/aromatic N) is 2. The fourth-order valence-corrected chi connectivity index (χ4v) is 4.50. The molecule has 9 heteroatoms. The molecule has 32 heavy (non-hydrogen) atoms. The number of methoxy groups -OCH3 is 1. The van der Waals surface area contributed by atoms with Gasteiger partial charge in [-0.3, -0.25) is 4.79 Å². The van der Waals surface area contributed by atoms with Crippen molar-refractivity contribution in [1.82, 2.24) is 14.8 Å². The van der Waals surface area contributed by atoms with Gasteiger partial charge in [-0.25, -0.2) is 9.59 Å². The molecule has 4 rings (SSSR count). The lowest BCUT2D eigenvalue weighted by molar-refractivity contribution is 0.139. The zero-order valence-corrected chi connectivity index (χ0v) is 18.6. The van der Waals surface area contributed by atoms with Crippen LogP contribution in [0.3, 0.4) is 0 Å². The summed E-state index contributed by atoms with van der Waals surface area (Å²) in [6.07, 6.45) is 0.937. The SMILES string of the molecule is COc1ccc(NC(=O)N2C[C@@H]3C[C@H](C2)c2ccc(NC(=O)NC(C)C)c(=O)n2C3)cc1. The van der Waals surface area contributed by atoms with E-state index in [1.54, 1.807) is 42.0 Å². The first-order valence-electron chi connectivity index (χ1n) is 10.8. The quantitative estimate of drug-likeness (QED) is 0.681. The maximum Gasteiger partial charge on any atom is 0.321 e. The van der Waals surface area contributed by atoms with E-state index >= 15 is 0 Å². The molecule has 9 nitrogen and oxygen atoms in total. The van der Waals surface area contributed by atoms with Gasteiger partial charge in [0, 0.05) is 43.0 Å². The Balaban J connectivity index is 1.47. The fourth-order valence-electron chi connectivity index (χ4n) is 4.50. The van der Waals surface area contributed by atoms with Gasteiger partial charge >= 0.3 is 12.1 Å². The van der Waals surface area contributed by atoms with Crippen molar-refractivity contribution in [3.05, 3.63) is 52.4 Å². The Hall–Kier alpha value is -3.49. The minimum atomic E-state index is -0.393. The third-order valence-corrected chi connectivity index (χ3v) is 5.90. The number of amides is 4. The Morgan fingerprint density at radius 2 is 1.78 bits per heavy atom. The monoisotopic (exact) mass is 439 g/mol. The van der Waals surface area contributed by atoms with Gasteiger partial charge in [0.25, 0.3) is 5.56 Å². The van der Waals surface area contributed by atoms with Crippen LogP contribution in [0.4, 0.5) is 21.0 Å². The van der Waals surface area contributed by atoms with Gasteiger partial charge in [0.1, 0.15) is 11.4 Å². The molecule has 4 amide bonds. The normalized spacial score (nSPS) is 19.2. The van der Waals surface area contributed by atoms with Crippen LogP contribution in [0.1, 0.15) is 31.9 Å². The molecule has 1 aromatic heterocycles. The van der Waals surface area contributed by atoms with Crippen LogP contribution in [-0.2, 0) is 6.54 Å². The molecule has 0 unspecified atom stereocenters. The lowest BCUT2D eigenvalue weighted by Crippen LogP contribution is -2.50. The summed E-state index contributed by atoms with van der Waals surface area (Å²) in [5.41, 5.74) is 1.68. The first kappa shape index (κ1) is 21.7. The maximum atomic E-state index is 13.0. The first-order valence-corrected chi connectivity index (χ1v) is 10.8. The summed E-state index contributed by atoms with van der Waals surface area (Å²) < 4.78 is 6.90. The average Bonchev–Trinajstić information content (AvgIpc) is 2.76. The molecule has 2 aliphatic rings. The number of nitrogens with one attached hydrogen (secondary N) is 3. The van der Waals surface area contributed by atoms with E-state index in [1.807, 2.05) is 24.8 Å². The number of carbonyl (C=O) groups is 2. The van der Waals surface area contributed by atoms with Crippen LogP contribution < -0.4 is 26.2 Å². The minimum absolute atomic E-state index is 0.0233. The third kappa shape index (κ3) is 4.56. The van der Waals surface area contributed by atoms with Crippen molar-refractivity contribution in [2.45, 2.75) is 38.8 Å². The highest BCUT2D eigenvalue weighted by Gasteiger charge is 2.36. The molecule has 2 bridgehead atoms. The second kappa shape index (κ2) is 8.94. The highest BCUT2D eigenvalue weighted by molar-refractivity contribution is 5.90. The van der Waals surface area contributed by atoms with E-state index in [9.17, 15) is 14.4 Å². The largest absolute Gasteiger partial charge is 0.497 e. The third-order valence-electron chi connectivity index (χ3n) is 5.90. The highest BCUT2D eigenvalue weighted by atomic mass is 16.5. The predicted octanol–water partition coefficient (Wildman–Crippen LogP) is 3.04. The van der Waals surface area contributed by atoms with Gasteiger partial charge in [-0.15, -0.1) is 0 Å². The number of aromatic nitrogens is 1. The number of rotatable bonds is 4. The second-order valence-corrected chi connectivity index (χ2v) is 8.70. The Bertz CT molecular complexity index is 1060. The summed E-state index contributed by atoms with van der Waals surface area (Å²) in [7, 11) is 1.60. The molecular weight excluding hydrogens is 410 g/mol. The number of ether oxygens (including phenoxy) is 1. The number of piperidine rings is 1. The van der Waals surface area contributed by atoms with Gasteiger partial charge in [0.05, 0.1) is 7.11 Å². The zero-order valence-electron chi connectivity index (χ0n) is 18.6. The van der Waals surface area contributed by atoms with E-state index in [4.69, 9.17) is 4.74 Å². The van der Waals surface area contributed by atoms with Crippen molar-refractivity contribution in [2.75, 3.05) is 30.8 Å². The topological polar surface area (TPSA) is 105 Å². The lowest BCUT2D eigenvalue weighted by atomic mass is 9.83. The highest BCUT2D eigenvalue weighted by Crippen LogP contribution is 2.35. The molecule has 3 N–H and O–H groups in total. The van der Waals surface area contributed by atoms with Crippen molar-refractivity contribution in [1.29, 1.82) is 0 Å². The molecule has 0 aliphatic carbocycles. The maximum absolute atomic E-state index is 13.0. The number of hydrogen-bond donors (Lipinski definition) is 3. The van der Waals surface area contributed by atoms with E-state index in [-0.39, 0.29) is 35.2 Å². The molecule has 1 saturated heterocycles. The van der Waals surface area contributed by atoms with Crippen LogP contribution in [0.25, 0.3) is 0 Å². The summed E-state index contributed by atoms with van der Waals surface area (Å²) in [5, 5.41) is 8.32. The van der Waals surface area contributed by atoms with E-state index in [0.29, 0.717) is 25.3 Å². The molecule has 0 spiro atoms. The summed E-state index contributed by atoms with van der Waals surface area (Å²) in [6, 6.07) is 10.2. The van der Waals surface area contributed by atoms with E-state index in [1.165, 1.54) is 0 Å². The van der Waals surface area contributed by atoms with Crippen molar-refractivity contribution in [2.24, 2.45) is 5.92 Å². The van der Waals surface area contributed by atoms with Gasteiger partial charge in [0.2, 0.25) is 0 Å². The zero-order chi connectivity index (χ0) is 22.8. The minimum Gasteiger partial charge on any atom is -0.497 e. The van der Waals surface area contributed by atoms with Crippen molar-refractivity contribution in [3.8, 4) is 5.75 Å². The predicted molar refractivity (Wildman–Crippen MR) is 122 cm³/mol. The van der Waals surface area contributed by atoms with Gasteiger partial charge in [-0.1, -0.05) is 0 Å². The standard InChI is InChI=1S/C23H29N5O4/c1-14(2)24-22(30)26-19-8-9-20-16-10-15(12-28(20)21(19)29)11-27(13-16)23(31)25-17-4-6-18(32-3)7-5-17/h4-9,14-16H,10-13H2,1-3H3,(H,25,31)(H2,24,26,30)/t15-,16+/m0/s1. The van der Waals surface area contributed by atoms with Crippen molar-refractivity contribution >= 4 is 23.4 Å². The Morgan fingerprint density at radius 1 is 1.03 bits per heavy atom. The van der Waals surface area contributed by atoms with Crippen LogP contribution in [0.2, 0.25) is 0 Å². The van der Waals surface area contributed by atoms with Crippen LogP contribution in [-0.4, -0.2) is 47.8 Å². The molecule has 1 aromatic carbocycles. The molecule has 0 saturated carbocycles. The molecule has 3 heterocycles. The van der Waals surface area contributed by atoms with Crippen LogP contribution >= 0.6 is 0 Å². The van der Waals surface area contributed by atoms with E-state index in [2.05, 4.69) is 16.0 Å². The van der Waals surface area contributed by atoms with E-state index in [0.717, 1.165) is 17.9 Å². The Kier molecular flexibility index (Phi) is 6.07. The number of anilines is 2. The van der Waals surface area contributed by atoms with E-state index < -0.39 is 6.03 Å². The number of hydrogen-bond acceptors (Lipinski definition) is 4. The summed E-state index contributed by atoms with van der Waals surface area (Å²) in [5.74, 6) is 0.990. The Morgan fingerprint density at radius 3 is 2.47 bits per heavy atom. The molecule has 1 fully saturated rings. The number of pyridine rings is 1. The number of likely N-dealkylation sites (tertiary alicyclic amines) is 1. The van der Waals surface area contributed by atoms with Gasteiger partial charge in [0.15, 0.2) is 0 Å². The molecule has 0 radical (unpaired) electrons. The van der Waals surface area contributed by atoms with Gasteiger partial charge in [-0.05, 0) is 62.6 Å². The lowest BCUT2D eigenvalue weighted by Gasteiger charge is -2.42. The number of carbonyl (C=O) groups excluding carboxylic acids is 2. The molecule has 2 aliphatic heterocycles. The number of urea groups is 2. The number of benzene rings is 1. The summed E-state index contributed by atoms with van der Waals surface area (Å²) >= 11 is 0. The molecule has 2 aromatic rings. The van der Waals surface area contributed by atoms with Crippen molar-refractivity contribution < 1.29 is 14.3 Å². The first-order chi connectivity index (χ1) is 15.3. The van der Waals surface area contributed by atoms with Crippen LogP contribution in [0.5, 0.6) is 5.75 Å². The molecular formula is C23H29N5O4. The summed E-state index contributed by atoms with van der Waals surface area (Å²) in [6.45, 7) is 5.36. The van der Waals surface area contributed by atoms with Gasteiger partial charge < -0.3 is 30.2 Å². The molecule has 2 atom stereocenters. The molecule has 170 valence electrons. The Labute approximate surface area is 186 Å². The average molecular weight is 440 g/mol. The van der Waals surface area contributed by atoms with Gasteiger partial charge in [-0.2, -0.15) is 0 Å². The van der Waals surface area contributed by atoms with Crippen LogP contribution in [0, 0.1) is 5.92 Å². The smallest absolute Gasteiger partial charge is 0.321 e. The summed E-state index contributed by atoms with van der Waals surface area (Å²) in [4.78, 5) is 39.7. The fraction of sp³-hybridized carbons (Fsp3) is 0.435. The van der Waals surface area contributed by atoms with Crippen molar-refractivity contribution in [3.63, 3.8) is 0 Å².